The molecular formula is C28H35FO3S. The summed E-state index contributed by atoms with van der Waals surface area (Å²) in [5.41, 5.74) is 4.23. The summed E-state index contributed by atoms with van der Waals surface area (Å²) in [6.07, 6.45) is 17.2. The molecule has 1 aromatic carbocycles. The number of sulfone groups is 1. The molecule has 3 atom stereocenters. The molecule has 0 radical (unpaired) electrons. The van der Waals surface area contributed by atoms with E-state index in [1.165, 1.54) is 34.9 Å². The van der Waals surface area contributed by atoms with E-state index in [-0.39, 0.29) is 16.4 Å². The summed E-state index contributed by atoms with van der Waals surface area (Å²) in [5, 5.41) is 8.88. The van der Waals surface area contributed by atoms with E-state index in [9.17, 15) is 17.9 Å². The van der Waals surface area contributed by atoms with Crippen molar-refractivity contribution in [3.63, 3.8) is 0 Å². The van der Waals surface area contributed by atoms with Crippen molar-refractivity contribution in [1.82, 2.24) is 0 Å². The number of hydrogen-bond acceptors (Lipinski definition) is 3. The van der Waals surface area contributed by atoms with Crippen molar-refractivity contribution in [1.29, 1.82) is 0 Å². The van der Waals surface area contributed by atoms with Gasteiger partial charge in [0.2, 0.25) is 15.0 Å². The van der Waals surface area contributed by atoms with Crippen LogP contribution in [0.2, 0.25) is 0 Å². The van der Waals surface area contributed by atoms with Gasteiger partial charge >= 0.3 is 0 Å². The molecule has 1 N–H and O–H groups in total. The maximum atomic E-state index is 14.6. The van der Waals surface area contributed by atoms with Gasteiger partial charge in [-0.15, -0.1) is 0 Å². The Balaban J connectivity index is 1.42. The molecule has 178 valence electrons. The smallest absolute Gasteiger partial charge is 0.232 e. The first-order valence-electron chi connectivity index (χ1n) is 12.2. The van der Waals surface area contributed by atoms with Crippen molar-refractivity contribution in [2.75, 3.05) is 0 Å². The van der Waals surface area contributed by atoms with Gasteiger partial charge in [0.25, 0.3) is 0 Å². The molecule has 3 aliphatic carbocycles. The molecule has 4 rings (SSSR count). The van der Waals surface area contributed by atoms with Gasteiger partial charge in [-0.2, -0.15) is 4.39 Å². The minimum Gasteiger partial charge on any atom is -0.393 e. The molecule has 0 saturated heterocycles. The Morgan fingerprint density at radius 2 is 1.97 bits per heavy atom. The molecule has 2 fully saturated rings. The van der Waals surface area contributed by atoms with Gasteiger partial charge in [-0.25, -0.2) is 8.42 Å². The fourth-order valence-electron chi connectivity index (χ4n) is 5.90. The Morgan fingerprint density at radius 1 is 1.18 bits per heavy atom. The minimum atomic E-state index is -4.06. The van der Waals surface area contributed by atoms with Crippen LogP contribution < -0.4 is 0 Å². The Hall–Kier alpha value is -1.98. The van der Waals surface area contributed by atoms with Gasteiger partial charge in [-0.3, -0.25) is 0 Å². The van der Waals surface area contributed by atoms with Crippen LogP contribution >= 0.6 is 0 Å². The second-order valence-electron chi connectivity index (χ2n) is 9.97. The van der Waals surface area contributed by atoms with E-state index in [0.29, 0.717) is 18.8 Å². The molecule has 3 nitrogen and oxygen atoms in total. The first kappa shape index (κ1) is 24.2. The molecule has 2 unspecified atom stereocenters. The van der Waals surface area contributed by atoms with Gasteiger partial charge in [-0.1, -0.05) is 60.1 Å². The number of hydrogen-bond donors (Lipinski definition) is 1. The number of benzene rings is 1. The highest BCUT2D eigenvalue weighted by molar-refractivity contribution is 7.95. The lowest BCUT2D eigenvalue weighted by atomic mass is 9.63. The fraction of sp³-hybridized carbons (Fsp3) is 0.500. The first-order chi connectivity index (χ1) is 15.8. The molecule has 2 saturated carbocycles. The van der Waals surface area contributed by atoms with E-state index in [0.717, 1.165) is 51.4 Å². The average molecular weight is 471 g/mol. The Morgan fingerprint density at radius 3 is 2.73 bits per heavy atom. The van der Waals surface area contributed by atoms with Crippen molar-refractivity contribution in [3.05, 3.63) is 76.5 Å². The monoisotopic (exact) mass is 470 g/mol. The highest BCUT2D eigenvalue weighted by atomic mass is 32.2. The zero-order chi connectivity index (χ0) is 23.5. The maximum absolute atomic E-state index is 14.6. The lowest BCUT2D eigenvalue weighted by molar-refractivity contribution is 0.149. The quantitative estimate of drug-likeness (QED) is 0.457. The van der Waals surface area contributed by atoms with Gasteiger partial charge in [0, 0.05) is 0 Å². The standard InChI is InChI=1S/C28H35FO3S/c1-28-19-7-9-22(16-15-21-8-5-11-24(30)20-21)26(28)18-17-23(28)10-6-14-27(29)33(31,32)25-12-3-2-4-13-25/h2-4,12-17,24,26,30H,5-11,18-20H2,1H3/b21-15-,22-16+,27-14+/t24?,26?,28-/m1/s1. The second kappa shape index (κ2) is 10.1. The Kier molecular flexibility index (Phi) is 7.40. The molecule has 0 aromatic heterocycles. The first-order valence-corrected chi connectivity index (χ1v) is 13.7. The highest BCUT2D eigenvalue weighted by Crippen LogP contribution is 2.55. The lowest BCUT2D eigenvalue weighted by Crippen LogP contribution is -2.30. The molecule has 0 heterocycles. The van der Waals surface area contributed by atoms with E-state index in [2.05, 4.69) is 25.2 Å². The van der Waals surface area contributed by atoms with E-state index in [1.54, 1.807) is 18.2 Å². The minimum absolute atomic E-state index is 0.00692. The number of rotatable bonds is 6. The van der Waals surface area contributed by atoms with Crippen LogP contribution in [0.4, 0.5) is 4.39 Å². The molecule has 33 heavy (non-hydrogen) atoms. The van der Waals surface area contributed by atoms with Crippen LogP contribution in [0.25, 0.3) is 0 Å². The highest BCUT2D eigenvalue weighted by Gasteiger charge is 2.44. The van der Waals surface area contributed by atoms with Crippen LogP contribution in [-0.2, 0) is 9.84 Å². The summed E-state index contributed by atoms with van der Waals surface area (Å²) in [6.45, 7) is 2.32. The van der Waals surface area contributed by atoms with E-state index < -0.39 is 15.0 Å². The average Bonchev–Trinajstić information content (AvgIpc) is 3.15. The topological polar surface area (TPSA) is 54.4 Å². The Labute approximate surface area is 197 Å². The van der Waals surface area contributed by atoms with Gasteiger partial charge < -0.3 is 5.11 Å². The van der Waals surface area contributed by atoms with Crippen molar-refractivity contribution in [2.45, 2.75) is 82.1 Å². The number of aliphatic hydroxyl groups excluding tert-OH is 1. The fourth-order valence-corrected chi connectivity index (χ4v) is 6.98. The predicted molar refractivity (Wildman–Crippen MR) is 131 cm³/mol. The number of halogens is 1. The van der Waals surface area contributed by atoms with Crippen LogP contribution in [0.1, 0.15) is 71.1 Å². The molecule has 0 spiro atoms. The number of allylic oxidation sites excluding steroid dienone is 6. The molecule has 0 bridgehead atoms. The third-order valence-corrected chi connectivity index (χ3v) is 9.38. The lowest BCUT2D eigenvalue weighted by Gasteiger charge is -2.41. The normalized spacial score (nSPS) is 31.0. The van der Waals surface area contributed by atoms with E-state index in [4.69, 9.17) is 0 Å². The summed E-state index contributed by atoms with van der Waals surface area (Å²) in [6, 6.07) is 7.77. The van der Waals surface area contributed by atoms with Gasteiger partial charge in [0.15, 0.2) is 0 Å². The molecule has 0 amide bonds. The number of fused-ring (bicyclic) bond motifs is 1. The summed E-state index contributed by atoms with van der Waals surface area (Å²) in [7, 11) is -4.06. The van der Waals surface area contributed by atoms with Crippen molar-refractivity contribution >= 4 is 9.84 Å². The second-order valence-corrected chi connectivity index (χ2v) is 11.8. The largest absolute Gasteiger partial charge is 0.393 e. The SMILES string of the molecule is C[C@]12CCC/C(=C\C=C3\CCCC(O)C3)C1CC=C2CC/C=C(\F)S(=O)(=O)c1ccccc1. The van der Waals surface area contributed by atoms with Crippen LogP contribution in [0.5, 0.6) is 0 Å². The van der Waals surface area contributed by atoms with Crippen LogP contribution in [0, 0.1) is 11.3 Å². The summed E-state index contributed by atoms with van der Waals surface area (Å²) < 4.78 is 39.4. The molecule has 3 aliphatic rings. The van der Waals surface area contributed by atoms with Crippen molar-refractivity contribution < 1.29 is 17.9 Å². The maximum Gasteiger partial charge on any atom is 0.232 e. The third kappa shape index (κ3) is 5.25. The van der Waals surface area contributed by atoms with Crippen LogP contribution in [0.3, 0.4) is 0 Å². The van der Waals surface area contributed by atoms with E-state index >= 15 is 0 Å². The summed E-state index contributed by atoms with van der Waals surface area (Å²) in [4.78, 5) is -0.00692. The van der Waals surface area contributed by atoms with Crippen molar-refractivity contribution in [2.24, 2.45) is 11.3 Å². The van der Waals surface area contributed by atoms with Crippen LogP contribution in [-0.4, -0.2) is 19.6 Å². The third-order valence-electron chi connectivity index (χ3n) is 7.81. The summed E-state index contributed by atoms with van der Waals surface area (Å²) in [5.74, 6) is 0.466. The zero-order valence-electron chi connectivity index (χ0n) is 19.5. The van der Waals surface area contributed by atoms with Crippen LogP contribution in [0.15, 0.2) is 81.4 Å². The van der Waals surface area contributed by atoms with Crippen molar-refractivity contribution in [3.8, 4) is 0 Å². The molecule has 5 heteroatoms. The van der Waals surface area contributed by atoms with Gasteiger partial charge in [-0.05, 0) is 93.7 Å². The molecular weight excluding hydrogens is 435 g/mol. The van der Waals surface area contributed by atoms with E-state index in [1.807, 2.05) is 0 Å². The van der Waals surface area contributed by atoms with Gasteiger partial charge in [0.1, 0.15) is 0 Å². The molecule has 1 aromatic rings. The predicted octanol–water partition coefficient (Wildman–Crippen LogP) is 6.98. The zero-order valence-corrected chi connectivity index (χ0v) is 20.3. The number of aliphatic hydroxyl groups is 1. The molecule has 0 aliphatic heterocycles. The summed E-state index contributed by atoms with van der Waals surface area (Å²) >= 11 is 0. The van der Waals surface area contributed by atoms with Gasteiger partial charge in [0.05, 0.1) is 11.0 Å². The Bertz CT molecular complexity index is 1080.